The maximum absolute atomic E-state index is 11.6. The Hall–Kier alpha value is -1.22. The SMILES string of the molecule is NC(Cc1cccnc1)C(=O)C1CC1. The number of ketones is 1. The van der Waals surface area contributed by atoms with Crippen molar-refractivity contribution in [1.29, 1.82) is 0 Å². The summed E-state index contributed by atoms with van der Waals surface area (Å²) in [5.74, 6) is 0.468. The fourth-order valence-electron chi connectivity index (χ4n) is 1.54. The lowest BCUT2D eigenvalue weighted by atomic mass is 10.0. The Morgan fingerprint density at radius 2 is 2.43 bits per heavy atom. The lowest BCUT2D eigenvalue weighted by Gasteiger charge is -2.08. The molecular weight excluding hydrogens is 176 g/mol. The summed E-state index contributed by atoms with van der Waals surface area (Å²) < 4.78 is 0. The van der Waals surface area contributed by atoms with Crippen LogP contribution < -0.4 is 5.73 Å². The van der Waals surface area contributed by atoms with E-state index in [9.17, 15) is 4.79 Å². The quantitative estimate of drug-likeness (QED) is 0.768. The molecular formula is C11H14N2O. The molecule has 1 aliphatic carbocycles. The zero-order valence-corrected chi connectivity index (χ0v) is 8.02. The molecule has 1 atom stereocenters. The summed E-state index contributed by atoms with van der Waals surface area (Å²) in [6.45, 7) is 0. The first kappa shape index (κ1) is 9.34. The van der Waals surface area contributed by atoms with E-state index in [1.165, 1.54) is 0 Å². The molecule has 1 heterocycles. The van der Waals surface area contributed by atoms with Crippen molar-refractivity contribution in [3.8, 4) is 0 Å². The average molecular weight is 190 g/mol. The van der Waals surface area contributed by atoms with E-state index in [2.05, 4.69) is 4.98 Å². The first-order valence-electron chi connectivity index (χ1n) is 4.95. The number of nitrogens with zero attached hydrogens (tertiary/aromatic N) is 1. The Kier molecular flexibility index (Phi) is 2.59. The zero-order valence-electron chi connectivity index (χ0n) is 8.02. The van der Waals surface area contributed by atoms with E-state index in [-0.39, 0.29) is 17.7 Å². The fourth-order valence-corrected chi connectivity index (χ4v) is 1.54. The summed E-state index contributed by atoms with van der Waals surface area (Å²) in [5, 5.41) is 0. The summed E-state index contributed by atoms with van der Waals surface area (Å²) in [7, 11) is 0. The number of nitrogens with two attached hydrogens (primary N) is 1. The van der Waals surface area contributed by atoms with E-state index < -0.39 is 0 Å². The topological polar surface area (TPSA) is 56.0 Å². The van der Waals surface area contributed by atoms with Crippen LogP contribution in [-0.2, 0) is 11.2 Å². The second-order valence-corrected chi connectivity index (χ2v) is 3.85. The highest BCUT2D eigenvalue weighted by Gasteiger charge is 2.32. The van der Waals surface area contributed by atoms with E-state index in [0.29, 0.717) is 6.42 Å². The first-order chi connectivity index (χ1) is 6.77. The van der Waals surface area contributed by atoms with Gasteiger partial charge in [-0.25, -0.2) is 0 Å². The molecule has 1 saturated carbocycles. The van der Waals surface area contributed by atoms with Crippen molar-refractivity contribution in [2.75, 3.05) is 0 Å². The third-order valence-corrected chi connectivity index (χ3v) is 2.52. The zero-order chi connectivity index (χ0) is 9.97. The lowest BCUT2D eigenvalue weighted by Crippen LogP contribution is -2.33. The minimum atomic E-state index is -0.341. The van der Waals surface area contributed by atoms with E-state index in [1.54, 1.807) is 12.4 Å². The van der Waals surface area contributed by atoms with Crippen molar-refractivity contribution in [3.05, 3.63) is 30.1 Å². The highest BCUT2D eigenvalue weighted by molar-refractivity contribution is 5.88. The van der Waals surface area contributed by atoms with Crippen LogP contribution in [0.15, 0.2) is 24.5 Å². The van der Waals surface area contributed by atoms with Crippen LogP contribution in [0.2, 0.25) is 0 Å². The van der Waals surface area contributed by atoms with Gasteiger partial charge >= 0.3 is 0 Å². The van der Waals surface area contributed by atoms with Crippen molar-refractivity contribution < 1.29 is 4.79 Å². The lowest BCUT2D eigenvalue weighted by molar-refractivity contribution is -0.121. The molecule has 0 bridgehead atoms. The summed E-state index contributed by atoms with van der Waals surface area (Å²) in [6, 6.07) is 3.48. The van der Waals surface area contributed by atoms with E-state index in [4.69, 9.17) is 5.73 Å². The van der Waals surface area contributed by atoms with Gasteiger partial charge in [-0.2, -0.15) is 0 Å². The van der Waals surface area contributed by atoms with Gasteiger partial charge in [0.1, 0.15) is 0 Å². The molecule has 14 heavy (non-hydrogen) atoms. The number of rotatable bonds is 4. The maximum atomic E-state index is 11.6. The molecule has 2 N–H and O–H groups in total. The van der Waals surface area contributed by atoms with Crippen LogP contribution in [0, 0.1) is 5.92 Å². The highest BCUT2D eigenvalue weighted by atomic mass is 16.1. The van der Waals surface area contributed by atoms with Crippen molar-refractivity contribution in [2.24, 2.45) is 11.7 Å². The van der Waals surface area contributed by atoms with Gasteiger partial charge in [-0.05, 0) is 30.9 Å². The molecule has 0 aromatic carbocycles. The largest absolute Gasteiger partial charge is 0.321 e. The molecule has 2 rings (SSSR count). The van der Waals surface area contributed by atoms with Crippen molar-refractivity contribution in [1.82, 2.24) is 4.98 Å². The van der Waals surface area contributed by atoms with Crippen LogP contribution in [0.3, 0.4) is 0 Å². The normalized spacial score (nSPS) is 17.8. The monoisotopic (exact) mass is 190 g/mol. The number of hydrogen-bond acceptors (Lipinski definition) is 3. The predicted molar refractivity (Wildman–Crippen MR) is 53.6 cm³/mol. The fraction of sp³-hybridized carbons (Fsp3) is 0.455. The van der Waals surface area contributed by atoms with E-state index >= 15 is 0 Å². The summed E-state index contributed by atoms with van der Waals surface area (Å²) in [5.41, 5.74) is 6.85. The van der Waals surface area contributed by atoms with Crippen molar-refractivity contribution in [3.63, 3.8) is 0 Å². The molecule has 1 aliphatic rings. The van der Waals surface area contributed by atoms with Gasteiger partial charge in [0.05, 0.1) is 6.04 Å². The molecule has 0 spiro atoms. The number of pyridine rings is 1. The van der Waals surface area contributed by atoms with Gasteiger partial charge in [-0.3, -0.25) is 9.78 Å². The van der Waals surface area contributed by atoms with Gasteiger partial charge < -0.3 is 5.73 Å². The Morgan fingerprint density at radius 3 is 3.00 bits per heavy atom. The number of aromatic nitrogens is 1. The molecule has 1 aromatic heterocycles. The Labute approximate surface area is 83.3 Å². The third-order valence-electron chi connectivity index (χ3n) is 2.52. The molecule has 0 aliphatic heterocycles. The second-order valence-electron chi connectivity index (χ2n) is 3.85. The molecule has 0 radical (unpaired) electrons. The number of hydrogen-bond donors (Lipinski definition) is 1. The number of carbonyl (C=O) groups is 1. The smallest absolute Gasteiger partial charge is 0.152 e. The Morgan fingerprint density at radius 1 is 1.64 bits per heavy atom. The minimum Gasteiger partial charge on any atom is -0.321 e. The van der Waals surface area contributed by atoms with Gasteiger partial charge in [-0.1, -0.05) is 6.07 Å². The number of Topliss-reactive ketones (excluding diaryl/α,β-unsaturated/α-hetero) is 1. The van der Waals surface area contributed by atoms with Crippen LogP contribution in [0.5, 0.6) is 0 Å². The van der Waals surface area contributed by atoms with Gasteiger partial charge in [0.15, 0.2) is 5.78 Å². The predicted octanol–water partition coefficient (Wildman–Crippen LogP) is 0.931. The van der Waals surface area contributed by atoms with Crippen molar-refractivity contribution >= 4 is 5.78 Å². The Bertz CT molecular complexity index is 319. The first-order valence-corrected chi connectivity index (χ1v) is 4.95. The van der Waals surface area contributed by atoms with Crippen molar-refractivity contribution in [2.45, 2.75) is 25.3 Å². The molecule has 0 amide bonds. The molecule has 3 nitrogen and oxygen atoms in total. The highest BCUT2D eigenvalue weighted by Crippen LogP contribution is 2.30. The second kappa shape index (κ2) is 3.88. The molecule has 1 aromatic rings. The summed E-state index contributed by atoms with van der Waals surface area (Å²) in [4.78, 5) is 15.6. The van der Waals surface area contributed by atoms with Crippen LogP contribution in [-0.4, -0.2) is 16.8 Å². The van der Waals surface area contributed by atoms with Crippen LogP contribution in [0.4, 0.5) is 0 Å². The molecule has 3 heteroatoms. The van der Waals surface area contributed by atoms with Gasteiger partial charge in [-0.15, -0.1) is 0 Å². The van der Waals surface area contributed by atoms with Gasteiger partial charge in [0.25, 0.3) is 0 Å². The maximum Gasteiger partial charge on any atom is 0.152 e. The molecule has 74 valence electrons. The average Bonchev–Trinajstić information content (AvgIpc) is 3.01. The van der Waals surface area contributed by atoms with Gasteiger partial charge in [0, 0.05) is 18.3 Å². The van der Waals surface area contributed by atoms with Gasteiger partial charge in [0.2, 0.25) is 0 Å². The molecule has 1 fully saturated rings. The number of carbonyl (C=O) groups excluding carboxylic acids is 1. The van der Waals surface area contributed by atoms with Crippen LogP contribution in [0.1, 0.15) is 18.4 Å². The molecule has 1 unspecified atom stereocenters. The van der Waals surface area contributed by atoms with E-state index in [1.807, 2.05) is 12.1 Å². The molecule has 0 saturated heterocycles. The Balaban J connectivity index is 1.93. The van der Waals surface area contributed by atoms with Crippen LogP contribution in [0.25, 0.3) is 0 Å². The van der Waals surface area contributed by atoms with Crippen LogP contribution >= 0.6 is 0 Å². The third kappa shape index (κ3) is 2.17. The standard InChI is InChI=1S/C11H14N2O/c12-10(11(14)9-3-4-9)6-8-2-1-5-13-7-8/h1-2,5,7,9-10H,3-4,6,12H2. The minimum absolute atomic E-state index is 0.217. The summed E-state index contributed by atoms with van der Waals surface area (Å²) >= 11 is 0. The van der Waals surface area contributed by atoms with E-state index in [0.717, 1.165) is 18.4 Å². The summed E-state index contributed by atoms with van der Waals surface area (Å²) in [6.07, 6.45) is 6.15.